The molecule has 0 spiro atoms. The number of halogens is 3. The number of rotatable bonds is 8. The Bertz CT molecular complexity index is 1020. The van der Waals surface area contributed by atoms with Gasteiger partial charge in [-0.3, -0.25) is 10.1 Å². The fourth-order valence-corrected chi connectivity index (χ4v) is 3.72. The Morgan fingerprint density at radius 3 is 2.16 bits per heavy atom. The van der Waals surface area contributed by atoms with Crippen molar-refractivity contribution in [3.05, 3.63) is 107 Å². The molecule has 0 heterocycles. The van der Waals surface area contributed by atoms with Crippen LogP contribution in [0.15, 0.2) is 78.9 Å². The third kappa shape index (κ3) is 6.20. The van der Waals surface area contributed by atoms with Gasteiger partial charge in [-0.25, -0.2) is 0 Å². The molecule has 6 heteroatoms. The maximum atomic E-state index is 12.9. The molecule has 168 valence electrons. The summed E-state index contributed by atoms with van der Waals surface area (Å²) >= 11 is 0. The number of nitrogens with one attached hydrogen (secondary N) is 2. The Labute approximate surface area is 186 Å². The summed E-state index contributed by atoms with van der Waals surface area (Å²) in [5.74, 6) is -0.150. The number of likely N-dealkylation sites (N-methyl/N-ethyl adjacent to an activating group) is 1. The second kappa shape index (κ2) is 10.5. The summed E-state index contributed by atoms with van der Waals surface area (Å²) in [4.78, 5) is 12.7. The van der Waals surface area contributed by atoms with Crippen molar-refractivity contribution in [2.24, 2.45) is 0 Å². The van der Waals surface area contributed by atoms with Gasteiger partial charge in [-0.2, -0.15) is 13.2 Å². The molecule has 0 radical (unpaired) electrons. The third-order valence-electron chi connectivity index (χ3n) is 5.46. The number of alkyl halides is 3. The van der Waals surface area contributed by atoms with Crippen molar-refractivity contribution in [3.63, 3.8) is 0 Å². The zero-order valence-corrected chi connectivity index (χ0v) is 18.1. The van der Waals surface area contributed by atoms with Crippen molar-refractivity contribution in [2.75, 3.05) is 7.05 Å². The van der Waals surface area contributed by atoms with E-state index in [0.717, 1.165) is 34.4 Å². The van der Waals surface area contributed by atoms with Crippen LogP contribution in [0, 0.1) is 6.92 Å². The molecule has 2 atom stereocenters. The largest absolute Gasteiger partial charge is 0.416 e. The zero-order chi connectivity index (χ0) is 23.1. The normalized spacial score (nSPS) is 13.4. The van der Waals surface area contributed by atoms with Crippen LogP contribution in [0.3, 0.4) is 0 Å². The van der Waals surface area contributed by atoms with Crippen molar-refractivity contribution < 1.29 is 18.0 Å². The SMILES string of the molecule is CNC(=O)C(NC(CCc1ccc(C(F)(F)F)cc1)c1cccc(C)c1)c1ccccc1. The lowest BCUT2D eigenvalue weighted by molar-refractivity contribution is -0.137. The maximum Gasteiger partial charge on any atom is 0.416 e. The lowest BCUT2D eigenvalue weighted by atomic mass is 9.95. The molecule has 0 saturated carbocycles. The number of carbonyl (C=O) groups excluding carboxylic acids is 1. The molecule has 2 N–H and O–H groups in total. The Morgan fingerprint density at radius 2 is 1.56 bits per heavy atom. The summed E-state index contributed by atoms with van der Waals surface area (Å²) in [5.41, 5.74) is 3.13. The minimum absolute atomic E-state index is 0.150. The van der Waals surface area contributed by atoms with E-state index in [4.69, 9.17) is 0 Å². The van der Waals surface area contributed by atoms with E-state index in [9.17, 15) is 18.0 Å². The Kier molecular flexibility index (Phi) is 7.70. The van der Waals surface area contributed by atoms with Crippen LogP contribution in [-0.2, 0) is 17.4 Å². The van der Waals surface area contributed by atoms with Crippen LogP contribution in [0.25, 0.3) is 0 Å². The molecule has 3 nitrogen and oxygen atoms in total. The minimum Gasteiger partial charge on any atom is -0.358 e. The molecular weight excluding hydrogens is 413 g/mol. The van der Waals surface area contributed by atoms with E-state index in [1.807, 2.05) is 55.5 Å². The molecule has 0 fully saturated rings. The van der Waals surface area contributed by atoms with Gasteiger partial charge in [0.1, 0.15) is 6.04 Å². The van der Waals surface area contributed by atoms with Gasteiger partial charge < -0.3 is 5.32 Å². The summed E-state index contributed by atoms with van der Waals surface area (Å²) in [6.45, 7) is 2.00. The average molecular weight is 441 g/mol. The van der Waals surface area contributed by atoms with E-state index < -0.39 is 17.8 Å². The predicted molar refractivity (Wildman–Crippen MR) is 120 cm³/mol. The fraction of sp³-hybridized carbons (Fsp3) is 0.269. The number of hydrogen-bond acceptors (Lipinski definition) is 2. The predicted octanol–water partition coefficient (Wildman–Crippen LogP) is 5.76. The van der Waals surface area contributed by atoms with Gasteiger partial charge in [0.25, 0.3) is 0 Å². The number of aryl methyl sites for hydroxylation is 2. The van der Waals surface area contributed by atoms with Gasteiger partial charge in [0.05, 0.1) is 5.56 Å². The van der Waals surface area contributed by atoms with E-state index in [1.165, 1.54) is 12.1 Å². The fourth-order valence-electron chi connectivity index (χ4n) is 3.72. The number of hydrogen-bond donors (Lipinski definition) is 2. The first-order valence-electron chi connectivity index (χ1n) is 10.5. The van der Waals surface area contributed by atoms with Crippen LogP contribution in [0.4, 0.5) is 13.2 Å². The highest BCUT2D eigenvalue weighted by Crippen LogP contribution is 2.30. The van der Waals surface area contributed by atoms with E-state index in [1.54, 1.807) is 7.05 Å². The number of carbonyl (C=O) groups is 1. The van der Waals surface area contributed by atoms with Gasteiger partial charge in [-0.15, -0.1) is 0 Å². The summed E-state index contributed by atoms with van der Waals surface area (Å²) in [5, 5.41) is 6.20. The summed E-state index contributed by atoms with van der Waals surface area (Å²) in [6.07, 6.45) is -3.16. The summed E-state index contributed by atoms with van der Waals surface area (Å²) < 4.78 is 38.6. The first-order valence-corrected chi connectivity index (χ1v) is 10.5. The van der Waals surface area contributed by atoms with Gasteiger partial charge in [-0.05, 0) is 48.6 Å². The van der Waals surface area contributed by atoms with Crippen LogP contribution >= 0.6 is 0 Å². The zero-order valence-electron chi connectivity index (χ0n) is 18.1. The Morgan fingerprint density at radius 1 is 0.906 bits per heavy atom. The van der Waals surface area contributed by atoms with Crippen molar-refractivity contribution in [2.45, 2.75) is 38.0 Å². The third-order valence-corrected chi connectivity index (χ3v) is 5.46. The van der Waals surface area contributed by atoms with Gasteiger partial charge in [-0.1, -0.05) is 72.3 Å². The summed E-state index contributed by atoms with van der Waals surface area (Å²) in [6, 6.07) is 22.0. The molecule has 1 amide bonds. The van der Waals surface area contributed by atoms with E-state index in [2.05, 4.69) is 16.7 Å². The lowest BCUT2D eigenvalue weighted by Gasteiger charge is -2.26. The van der Waals surface area contributed by atoms with E-state index >= 15 is 0 Å². The van der Waals surface area contributed by atoms with E-state index in [-0.39, 0.29) is 11.9 Å². The molecule has 3 aromatic carbocycles. The standard InChI is InChI=1S/C26H27F3N2O/c1-18-7-6-10-21(17-18)23(16-13-19-11-14-22(15-12-19)26(27,28)29)31-24(25(32)30-2)20-8-4-3-5-9-20/h3-12,14-15,17,23-24,31H,13,16H2,1-2H3,(H,30,32). The minimum atomic E-state index is -4.35. The van der Waals surface area contributed by atoms with Crippen LogP contribution in [0.1, 0.15) is 46.3 Å². The quantitative estimate of drug-likeness (QED) is 0.467. The summed E-state index contributed by atoms with van der Waals surface area (Å²) in [7, 11) is 1.60. The second-order valence-electron chi connectivity index (χ2n) is 7.82. The van der Waals surface area contributed by atoms with Crippen molar-refractivity contribution >= 4 is 5.91 Å². The molecule has 0 aromatic heterocycles. The van der Waals surface area contributed by atoms with Crippen LogP contribution in [0.5, 0.6) is 0 Å². The molecule has 0 aliphatic rings. The molecule has 0 aliphatic heterocycles. The molecule has 0 saturated heterocycles. The molecule has 3 rings (SSSR count). The molecular formula is C26H27F3N2O. The van der Waals surface area contributed by atoms with Gasteiger partial charge in [0.2, 0.25) is 5.91 Å². The van der Waals surface area contributed by atoms with Crippen molar-refractivity contribution in [1.29, 1.82) is 0 Å². The monoisotopic (exact) mass is 440 g/mol. The molecule has 0 aliphatic carbocycles. The number of amides is 1. The first kappa shape index (κ1) is 23.5. The first-order chi connectivity index (χ1) is 15.3. The molecule has 0 bridgehead atoms. The van der Waals surface area contributed by atoms with Crippen molar-refractivity contribution in [3.8, 4) is 0 Å². The van der Waals surface area contributed by atoms with Crippen LogP contribution in [0.2, 0.25) is 0 Å². The lowest BCUT2D eigenvalue weighted by Crippen LogP contribution is -2.38. The van der Waals surface area contributed by atoms with E-state index in [0.29, 0.717) is 12.8 Å². The Hall–Kier alpha value is -3.12. The highest BCUT2D eigenvalue weighted by Gasteiger charge is 2.30. The van der Waals surface area contributed by atoms with Crippen LogP contribution < -0.4 is 10.6 Å². The Balaban J connectivity index is 1.84. The van der Waals surface area contributed by atoms with Gasteiger partial charge in [0.15, 0.2) is 0 Å². The molecule has 2 unspecified atom stereocenters. The second-order valence-corrected chi connectivity index (χ2v) is 7.82. The molecule has 32 heavy (non-hydrogen) atoms. The smallest absolute Gasteiger partial charge is 0.358 e. The van der Waals surface area contributed by atoms with Gasteiger partial charge in [0, 0.05) is 13.1 Å². The highest BCUT2D eigenvalue weighted by molar-refractivity contribution is 5.83. The average Bonchev–Trinajstić information content (AvgIpc) is 2.79. The topological polar surface area (TPSA) is 41.1 Å². The highest BCUT2D eigenvalue weighted by atomic mass is 19.4. The van der Waals surface area contributed by atoms with Crippen molar-refractivity contribution in [1.82, 2.24) is 10.6 Å². The number of benzene rings is 3. The van der Waals surface area contributed by atoms with Gasteiger partial charge >= 0.3 is 6.18 Å². The maximum absolute atomic E-state index is 12.9. The van der Waals surface area contributed by atoms with Crippen LogP contribution in [-0.4, -0.2) is 13.0 Å². The molecule has 3 aromatic rings.